The molecule has 4 heteroatoms. The predicted octanol–water partition coefficient (Wildman–Crippen LogP) is 3.17. The van der Waals surface area contributed by atoms with Gasteiger partial charge < -0.3 is 15.4 Å². The average Bonchev–Trinajstić information content (AvgIpc) is 2.32. The van der Waals surface area contributed by atoms with E-state index in [9.17, 15) is 0 Å². The number of nitrogens with one attached hydrogen (secondary N) is 2. The van der Waals surface area contributed by atoms with E-state index < -0.39 is 0 Å². The van der Waals surface area contributed by atoms with E-state index in [2.05, 4.69) is 17.6 Å². The second-order valence-electron chi connectivity index (χ2n) is 3.69. The molecule has 0 unspecified atom stereocenters. The van der Waals surface area contributed by atoms with E-state index in [0.29, 0.717) is 11.7 Å². The molecular formula is C13H20N2OS. The maximum atomic E-state index is 5.37. The number of thiocarbonyl (C=S) groups is 1. The van der Waals surface area contributed by atoms with Gasteiger partial charge in [-0.1, -0.05) is 13.3 Å². The van der Waals surface area contributed by atoms with Gasteiger partial charge in [0.1, 0.15) is 5.75 Å². The molecule has 0 saturated carbocycles. The van der Waals surface area contributed by atoms with Gasteiger partial charge in [-0.15, -0.1) is 0 Å². The molecule has 2 N–H and O–H groups in total. The Morgan fingerprint density at radius 1 is 1.24 bits per heavy atom. The number of anilines is 1. The number of rotatable bonds is 6. The second kappa shape index (κ2) is 7.90. The fourth-order valence-electron chi connectivity index (χ4n) is 1.36. The number of hydrogen-bond donors (Lipinski definition) is 2. The lowest BCUT2D eigenvalue weighted by molar-refractivity contribution is 0.340. The van der Waals surface area contributed by atoms with Crippen molar-refractivity contribution in [2.45, 2.75) is 26.7 Å². The van der Waals surface area contributed by atoms with Gasteiger partial charge in [0.05, 0.1) is 6.61 Å². The summed E-state index contributed by atoms with van der Waals surface area (Å²) >= 11 is 5.18. The van der Waals surface area contributed by atoms with Crippen molar-refractivity contribution in [1.29, 1.82) is 0 Å². The molecule has 0 atom stereocenters. The standard InChI is InChI=1S/C13H20N2OS/c1-3-5-10-14-13(17)15-11-6-8-12(9-7-11)16-4-2/h6-9H,3-5,10H2,1-2H3,(H2,14,15,17). The van der Waals surface area contributed by atoms with Crippen LogP contribution in [0.1, 0.15) is 26.7 Å². The molecule has 0 aliphatic carbocycles. The molecule has 0 aliphatic heterocycles. The van der Waals surface area contributed by atoms with Crippen molar-refractivity contribution >= 4 is 23.0 Å². The Labute approximate surface area is 109 Å². The number of benzene rings is 1. The van der Waals surface area contributed by atoms with Gasteiger partial charge in [0.15, 0.2) is 5.11 Å². The minimum absolute atomic E-state index is 0.669. The van der Waals surface area contributed by atoms with Crippen LogP contribution in [0.3, 0.4) is 0 Å². The summed E-state index contributed by atoms with van der Waals surface area (Å²) < 4.78 is 5.37. The molecular weight excluding hydrogens is 232 g/mol. The van der Waals surface area contributed by atoms with Gasteiger partial charge in [0.25, 0.3) is 0 Å². The maximum absolute atomic E-state index is 5.37. The smallest absolute Gasteiger partial charge is 0.170 e. The molecule has 1 aromatic rings. The van der Waals surface area contributed by atoms with Crippen LogP contribution in [0.4, 0.5) is 5.69 Å². The van der Waals surface area contributed by atoms with Crippen molar-refractivity contribution in [2.24, 2.45) is 0 Å². The Morgan fingerprint density at radius 2 is 1.94 bits per heavy atom. The molecule has 0 aromatic heterocycles. The average molecular weight is 252 g/mol. The predicted molar refractivity (Wildman–Crippen MR) is 76.7 cm³/mol. The first-order chi connectivity index (χ1) is 8.26. The molecule has 1 rings (SSSR count). The van der Waals surface area contributed by atoms with Gasteiger partial charge in [0.2, 0.25) is 0 Å². The number of hydrogen-bond acceptors (Lipinski definition) is 2. The number of ether oxygens (including phenoxy) is 1. The third-order valence-electron chi connectivity index (χ3n) is 2.24. The van der Waals surface area contributed by atoms with Gasteiger partial charge in [0, 0.05) is 12.2 Å². The summed E-state index contributed by atoms with van der Waals surface area (Å²) in [5.74, 6) is 0.878. The maximum Gasteiger partial charge on any atom is 0.170 e. The first-order valence-corrected chi connectivity index (χ1v) is 6.44. The number of unbranched alkanes of at least 4 members (excludes halogenated alkanes) is 1. The molecule has 0 fully saturated rings. The van der Waals surface area contributed by atoms with Crippen LogP contribution in [0, 0.1) is 0 Å². The van der Waals surface area contributed by atoms with E-state index in [1.807, 2.05) is 31.2 Å². The van der Waals surface area contributed by atoms with Crippen LogP contribution in [-0.2, 0) is 0 Å². The summed E-state index contributed by atoms with van der Waals surface area (Å²) in [6, 6.07) is 7.78. The zero-order chi connectivity index (χ0) is 12.5. The topological polar surface area (TPSA) is 33.3 Å². The van der Waals surface area contributed by atoms with Crippen molar-refractivity contribution in [3.8, 4) is 5.75 Å². The third-order valence-corrected chi connectivity index (χ3v) is 2.49. The van der Waals surface area contributed by atoms with Crippen LogP contribution < -0.4 is 15.4 Å². The van der Waals surface area contributed by atoms with E-state index in [0.717, 1.165) is 24.4 Å². The van der Waals surface area contributed by atoms with Gasteiger partial charge in [-0.05, 0) is 49.8 Å². The van der Waals surface area contributed by atoms with Gasteiger partial charge >= 0.3 is 0 Å². The van der Waals surface area contributed by atoms with E-state index in [1.165, 1.54) is 6.42 Å². The van der Waals surface area contributed by atoms with Crippen LogP contribution in [0.25, 0.3) is 0 Å². The second-order valence-corrected chi connectivity index (χ2v) is 4.10. The van der Waals surface area contributed by atoms with Crippen LogP contribution in [0.2, 0.25) is 0 Å². The molecule has 0 amide bonds. The minimum Gasteiger partial charge on any atom is -0.494 e. The molecule has 0 heterocycles. The largest absolute Gasteiger partial charge is 0.494 e. The lowest BCUT2D eigenvalue weighted by atomic mass is 10.3. The molecule has 94 valence electrons. The van der Waals surface area contributed by atoms with E-state index in [1.54, 1.807) is 0 Å². The summed E-state index contributed by atoms with van der Waals surface area (Å²) in [4.78, 5) is 0. The van der Waals surface area contributed by atoms with Crippen molar-refractivity contribution in [1.82, 2.24) is 5.32 Å². The Hall–Kier alpha value is -1.29. The van der Waals surface area contributed by atoms with Crippen LogP contribution in [-0.4, -0.2) is 18.3 Å². The fraction of sp³-hybridized carbons (Fsp3) is 0.462. The zero-order valence-electron chi connectivity index (χ0n) is 10.5. The van der Waals surface area contributed by atoms with Crippen molar-refractivity contribution in [2.75, 3.05) is 18.5 Å². The monoisotopic (exact) mass is 252 g/mol. The molecule has 3 nitrogen and oxygen atoms in total. The van der Waals surface area contributed by atoms with Crippen LogP contribution in [0.15, 0.2) is 24.3 Å². The fourth-order valence-corrected chi connectivity index (χ4v) is 1.58. The molecule has 0 radical (unpaired) electrons. The molecule has 1 aromatic carbocycles. The molecule has 0 bridgehead atoms. The van der Waals surface area contributed by atoms with Crippen LogP contribution in [0.5, 0.6) is 5.75 Å². The Morgan fingerprint density at radius 3 is 2.53 bits per heavy atom. The molecule has 0 aliphatic rings. The van der Waals surface area contributed by atoms with Gasteiger partial charge in [-0.25, -0.2) is 0 Å². The zero-order valence-corrected chi connectivity index (χ0v) is 11.3. The highest BCUT2D eigenvalue weighted by atomic mass is 32.1. The normalized spacial score (nSPS) is 9.76. The summed E-state index contributed by atoms with van der Waals surface area (Å²) in [6.45, 7) is 5.73. The lowest BCUT2D eigenvalue weighted by Crippen LogP contribution is -2.29. The minimum atomic E-state index is 0.669. The van der Waals surface area contributed by atoms with E-state index >= 15 is 0 Å². The van der Waals surface area contributed by atoms with Gasteiger partial charge in [-0.2, -0.15) is 0 Å². The summed E-state index contributed by atoms with van der Waals surface area (Å²) in [6.07, 6.45) is 2.30. The molecule has 0 saturated heterocycles. The Balaban J connectivity index is 2.37. The highest BCUT2D eigenvalue weighted by Crippen LogP contribution is 2.15. The van der Waals surface area contributed by atoms with Crippen molar-refractivity contribution in [3.63, 3.8) is 0 Å². The summed E-state index contributed by atoms with van der Waals surface area (Å²) in [7, 11) is 0. The summed E-state index contributed by atoms with van der Waals surface area (Å²) in [5.41, 5.74) is 0.974. The molecule has 0 spiro atoms. The van der Waals surface area contributed by atoms with Crippen molar-refractivity contribution < 1.29 is 4.74 Å². The van der Waals surface area contributed by atoms with Gasteiger partial charge in [-0.3, -0.25) is 0 Å². The SMILES string of the molecule is CCCCNC(=S)Nc1ccc(OCC)cc1. The van der Waals surface area contributed by atoms with Crippen LogP contribution >= 0.6 is 12.2 Å². The van der Waals surface area contributed by atoms with E-state index in [-0.39, 0.29) is 0 Å². The first kappa shape index (κ1) is 13.8. The summed E-state index contributed by atoms with van der Waals surface area (Å²) in [5, 5.41) is 6.96. The highest BCUT2D eigenvalue weighted by Gasteiger charge is 1.97. The quantitative estimate of drug-likeness (QED) is 0.602. The third kappa shape index (κ3) is 5.54. The highest BCUT2D eigenvalue weighted by molar-refractivity contribution is 7.80. The molecule has 17 heavy (non-hydrogen) atoms. The lowest BCUT2D eigenvalue weighted by Gasteiger charge is -2.10. The van der Waals surface area contributed by atoms with E-state index in [4.69, 9.17) is 17.0 Å². The Bertz CT molecular complexity index is 338. The first-order valence-electron chi connectivity index (χ1n) is 6.04. The Kier molecular flexibility index (Phi) is 6.40. The van der Waals surface area contributed by atoms with Crippen molar-refractivity contribution in [3.05, 3.63) is 24.3 Å².